The van der Waals surface area contributed by atoms with Crippen LogP contribution in [0.1, 0.15) is 29.8 Å². The highest BCUT2D eigenvalue weighted by Gasteiger charge is 2.29. The minimum Gasteiger partial charge on any atom is -0.396 e. The molecule has 0 radical (unpaired) electrons. The summed E-state index contributed by atoms with van der Waals surface area (Å²) in [7, 11) is 0. The summed E-state index contributed by atoms with van der Waals surface area (Å²) in [6.45, 7) is 3.35. The molecule has 1 aromatic carbocycles. The summed E-state index contributed by atoms with van der Waals surface area (Å²) >= 11 is 0. The zero-order chi connectivity index (χ0) is 15.5. The molecule has 0 saturated carbocycles. The number of amides is 1. The highest BCUT2D eigenvalue weighted by Crippen LogP contribution is 2.18. The van der Waals surface area contributed by atoms with E-state index in [1.807, 2.05) is 37.3 Å². The number of carbonyl (C=O) groups excluding carboxylic acids is 1. The van der Waals surface area contributed by atoms with E-state index >= 15 is 0 Å². The quantitative estimate of drug-likeness (QED) is 0.923. The zero-order valence-corrected chi connectivity index (χ0v) is 12.6. The van der Waals surface area contributed by atoms with Crippen molar-refractivity contribution in [3.05, 3.63) is 42.0 Å². The Balaban J connectivity index is 1.86. The molecular weight excluding hydrogens is 280 g/mol. The molecule has 116 valence electrons. The summed E-state index contributed by atoms with van der Waals surface area (Å²) in [6.07, 6.45) is 1.54. The van der Waals surface area contributed by atoms with Gasteiger partial charge in [0.15, 0.2) is 0 Å². The van der Waals surface area contributed by atoms with Gasteiger partial charge < -0.3 is 10.0 Å². The van der Waals surface area contributed by atoms with E-state index in [2.05, 4.69) is 10.1 Å². The Kier molecular flexibility index (Phi) is 4.20. The smallest absolute Gasteiger partial charge is 0.293 e. The van der Waals surface area contributed by atoms with Crippen molar-refractivity contribution in [2.75, 3.05) is 19.7 Å². The van der Waals surface area contributed by atoms with Gasteiger partial charge in [0.05, 0.1) is 5.69 Å². The van der Waals surface area contributed by atoms with Crippen LogP contribution in [-0.2, 0) is 6.42 Å². The lowest BCUT2D eigenvalue weighted by atomic mass is 10.1. The Hall–Kier alpha value is -2.21. The number of carbonyl (C=O) groups is 1. The van der Waals surface area contributed by atoms with Crippen LogP contribution in [0.5, 0.6) is 0 Å². The van der Waals surface area contributed by atoms with Gasteiger partial charge in [-0.2, -0.15) is 0 Å². The Labute approximate surface area is 129 Å². The maximum atomic E-state index is 12.5. The SMILES string of the molecule is CCc1nc(C(=O)N2CCC(CO)C2)nn1-c1ccccc1. The molecular formula is C16H20N4O2. The number of aliphatic hydroxyl groups excluding tert-OH is 1. The number of rotatable bonds is 4. The molecule has 2 aromatic rings. The minimum atomic E-state index is -0.152. The Morgan fingerprint density at radius 2 is 2.14 bits per heavy atom. The first-order chi connectivity index (χ1) is 10.7. The van der Waals surface area contributed by atoms with Crippen LogP contribution in [0.15, 0.2) is 30.3 Å². The molecule has 1 saturated heterocycles. The van der Waals surface area contributed by atoms with Gasteiger partial charge in [0.25, 0.3) is 5.91 Å². The van der Waals surface area contributed by atoms with Gasteiger partial charge in [-0.3, -0.25) is 4.79 Å². The molecule has 1 unspecified atom stereocenters. The second-order valence-electron chi connectivity index (χ2n) is 5.54. The number of aliphatic hydroxyl groups is 1. The summed E-state index contributed by atoms with van der Waals surface area (Å²) in [5, 5.41) is 13.6. The summed E-state index contributed by atoms with van der Waals surface area (Å²) < 4.78 is 1.73. The molecule has 1 aliphatic rings. The maximum absolute atomic E-state index is 12.5. The van der Waals surface area contributed by atoms with Gasteiger partial charge in [-0.05, 0) is 18.6 Å². The van der Waals surface area contributed by atoms with Crippen molar-refractivity contribution >= 4 is 5.91 Å². The second-order valence-corrected chi connectivity index (χ2v) is 5.54. The number of nitrogens with zero attached hydrogens (tertiary/aromatic N) is 4. The first-order valence-corrected chi connectivity index (χ1v) is 7.64. The molecule has 3 rings (SSSR count). The van der Waals surface area contributed by atoms with Gasteiger partial charge >= 0.3 is 0 Å². The topological polar surface area (TPSA) is 71.2 Å². The van der Waals surface area contributed by atoms with E-state index in [9.17, 15) is 9.90 Å². The fourth-order valence-corrected chi connectivity index (χ4v) is 2.75. The van der Waals surface area contributed by atoms with Crippen LogP contribution < -0.4 is 0 Å². The van der Waals surface area contributed by atoms with E-state index in [-0.39, 0.29) is 24.3 Å². The van der Waals surface area contributed by atoms with Crippen molar-refractivity contribution in [2.24, 2.45) is 5.92 Å². The van der Waals surface area contributed by atoms with E-state index in [0.717, 1.165) is 17.9 Å². The van der Waals surface area contributed by atoms with Crippen LogP contribution in [0.25, 0.3) is 5.69 Å². The lowest BCUT2D eigenvalue weighted by Crippen LogP contribution is -2.30. The molecule has 6 heteroatoms. The first-order valence-electron chi connectivity index (χ1n) is 7.64. The van der Waals surface area contributed by atoms with Gasteiger partial charge in [0.2, 0.25) is 5.82 Å². The molecule has 1 atom stereocenters. The maximum Gasteiger partial charge on any atom is 0.293 e. The van der Waals surface area contributed by atoms with E-state index in [1.54, 1.807) is 9.58 Å². The van der Waals surface area contributed by atoms with Crippen LogP contribution in [0.2, 0.25) is 0 Å². The average molecular weight is 300 g/mol. The second kappa shape index (κ2) is 6.27. The third-order valence-corrected chi connectivity index (χ3v) is 4.01. The lowest BCUT2D eigenvalue weighted by Gasteiger charge is -2.13. The molecule has 1 fully saturated rings. The molecule has 1 aromatic heterocycles. The molecule has 6 nitrogen and oxygen atoms in total. The zero-order valence-electron chi connectivity index (χ0n) is 12.6. The third-order valence-electron chi connectivity index (χ3n) is 4.01. The van der Waals surface area contributed by atoms with Crippen LogP contribution >= 0.6 is 0 Å². The summed E-state index contributed by atoms with van der Waals surface area (Å²) in [5.74, 6) is 1.03. The summed E-state index contributed by atoms with van der Waals surface area (Å²) in [5.41, 5.74) is 0.903. The van der Waals surface area contributed by atoms with Gasteiger partial charge in [-0.1, -0.05) is 25.1 Å². The van der Waals surface area contributed by atoms with Crippen molar-refractivity contribution < 1.29 is 9.90 Å². The molecule has 1 N–H and O–H groups in total. The average Bonchev–Trinajstić information content (AvgIpc) is 3.21. The molecule has 0 spiro atoms. The van der Waals surface area contributed by atoms with Gasteiger partial charge in [0, 0.05) is 32.0 Å². The first kappa shape index (κ1) is 14.7. The van der Waals surface area contributed by atoms with Gasteiger partial charge in [0.1, 0.15) is 5.82 Å². The minimum absolute atomic E-state index is 0.121. The number of hydrogen-bond donors (Lipinski definition) is 1. The largest absolute Gasteiger partial charge is 0.396 e. The highest BCUT2D eigenvalue weighted by molar-refractivity contribution is 5.90. The lowest BCUT2D eigenvalue weighted by molar-refractivity contribution is 0.0770. The number of para-hydroxylation sites is 1. The highest BCUT2D eigenvalue weighted by atomic mass is 16.3. The van der Waals surface area contributed by atoms with Crippen LogP contribution in [0.3, 0.4) is 0 Å². The van der Waals surface area contributed by atoms with Crippen molar-refractivity contribution in [3.8, 4) is 5.69 Å². The number of hydrogen-bond acceptors (Lipinski definition) is 4. The number of aromatic nitrogens is 3. The van der Waals surface area contributed by atoms with E-state index in [4.69, 9.17) is 0 Å². The molecule has 2 heterocycles. The molecule has 1 aliphatic heterocycles. The monoisotopic (exact) mass is 300 g/mol. The van der Waals surface area contributed by atoms with E-state index in [0.29, 0.717) is 19.5 Å². The Morgan fingerprint density at radius 3 is 2.77 bits per heavy atom. The van der Waals surface area contributed by atoms with Crippen LogP contribution in [0, 0.1) is 5.92 Å². The molecule has 1 amide bonds. The van der Waals surface area contributed by atoms with Crippen molar-refractivity contribution in [1.29, 1.82) is 0 Å². The van der Waals surface area contributed by atoms with Gasteiger partial charge in [-0.25, -0.2) is 9.67 Å². The molecule has 0 bridgehead atoms. The summed E-state index contributed by atoms with van der Waals surface area (Å²) in [4.78, 5) is 18.7. The predicted molar refractivity (Wildman–Crippen MR) is 81.8 cm³/mol. The van der Waals surface area contributed by atoms with Crippen LogP contribution in [0.4, 0.5) is 0 Å². The van der Waals surface area contributed by atoms with Crippen LogP contribution in [-0.4, -0.2) is 50.4 Å². The standard InChI is InChI=1S/C16H20N4O2/c1-2-14-17-15(16(22)19-9-8-12(10-19)11-21)18-20(14)13-6-4-3-5-7-13/h3-7,12,21H,2,8-11H2,1H3. The van der Waals surface area contributed by atoms with Crippen molar-refractivity contribution in [3.63, 3.8) is 0 Å². The Bertz CT molecular complexity index is 653. The number of benzene rings is 1. The fraction of sp³-hybridized carbons (Fsp3) is 0.438. The normalized spacial score (nSPS) is 17.9. The van der Waals surface area contributed by atoms with E-state index < -0.39 is 0 Å². The predicted octanol–water partition coefficient (Wildman–Crippen LogP) is 1.28. The fourth-order valence-electron chi connectivity index (χ4n) is 2.75. The molecule has 22 heavy (non-hydrogen) atoms. The van der Waals surface area contributed by atoms with Gasteiger partial charge in [-0.15, -0.1) is 5.10 Å². The Morgan fingerprint density at radius 1 is 1.36 bits per heavy atom. The third kappa shape index (κ3) is 2.74. The molecule has 0 aliphatic carbocycles. The van der Waals surface area contributed by atoms with E-state index in [1.165, 1.54) is 0 Å². The summed E-state index contributed by atoms with van der Waals surface area (Å²) in [6, 6.07) is 9.70. The number of likely N-dealkylation sites (tertiary alicyclic amines) is 1. The van der Waals surface area contributed by atoms with Crippen molar-refractivity contribution in [1.82, 2.24) is 19.7 Å². The van der Waals surface area contributed by atoms with Crippen molar-refractivity contribution in [2.45, 2.75) is 19.8 Å². The number of aryl methyl sites for hydroxylation is 1.